The van der Waals surface area contributed by atoms with Crippen LogP contribution in [0.4, 0.5) is 14.7 Å². The summed E-state index contributed by atoms with van der Waals surface area (Å²) in [7, 11) is -4.09. The topological polar surface area (TPSA) is 178 Å². The maximum Gasteiger partial charge on any atom is 0.519 e. The number of imidazole rings is 1. The Labute approximate surface area is 235 Å². The quantitative estimate of drug-likeness (QED) is 0.155. The number of ether oxygens (including phenoxy) is 1. The van der Waals surface area contributed by atoms with Crippen LogP contribution in [0.1, 0.15) is 16.9 Å². The molecule has 0 amide bonds. The van der Waals surface area contributed by atoms with E-state index in [-0.39, 0.29) is 54.0 Å². The molecule has 0 radical (unpaired) electrons. The number of nitrogens with two attached hydrogens (primary N) is 1. The monoisotopic (exact) mass is 603 g/mol. The largest absolute Gasteiger partial charge is 0.519 e. The summed E-state index contributed by atoms with van der Waals surface area (Å²) in [6.07, 6.45) is 0.824. The number of hydrogen-bond acceptors (Lipinski definition) is 11. The zero-order chi connectivity index (χ0) is 29.9. The van der Waals surface area contributed by atoms with E-state index in [0.29, 0.717) is 11.1 Å². The Morgan fingerprint density at radius 3 is 2.69 bits per heavy atom. The van der Waals surface area contributed by atoms with Gasteiger partial charge in [0.25, 0.3) is 5.56 Å². The van der Waals surface area contributed by atoms with Crippen LogP contribution in [0.5, 0.6) is 0 Å². The van der Waals surface area contributed by atoms with Gasteiger partial charge in [-0.2, -0.15) is 4.98 Å². The van der Waals surface area contributed by atoms with Gasteiger partial charge >= 0.3 is 13.4 Å². The first kappa shape index (κ1) is 29.1. The summed E-state index contributed by atoms with van der Waals surface area (Å²) < 4.78 is 69.9. The Hall–Kier alpha value is -4.43. The number of rotatable bonds is 12. The van der Waals surface area contributed by atoms with Crippen molar-refractivity contribution >= 4 is 24.7 Å². The van der Waals surface area contributed by atoms with E-state index in [1.54, 1.807) is 13.0 Å². The lowest BCUT2D eigenvalue weighted by Gasteiger charge is -2.18. The maximum atomic E-state index is 14.1. The Bertz CT molecular complexity index is 1900. The highest BCUT2D eigenvalue weighted by atomic mass is 31.2. The molecule has 42 heavy (non-hydrogen) atoms. The number of hydrogen-bond donors (Lipinski definition) is 2. The molecule has 3 N–H and O–H groups in total. The SMILES string of the molecule is Cc1ccc(-c2oc(=O)oc2COP(=O)(COCCn2cnc3c(=O)[nH]c(N)nc32)OCc2cccc(F)c2)cc1F. The van der Waals surface area contributed by atoms with Crippen LogP contribution in [-0.4, -0.2) is 32.5 Å². The van der Waals surface area contributed by atoms with Crippen molar-refractivity contribution in [2.24, 2.45) is 0 Å². The van der Waals surface area contributed by atoms with Gasteiger partial charge in [0.15, 0.2) is 22.7 Å². The molecule has 0 saturated heterocycles. The van der Waals surface area contributed by atoms with Gasteiger partial charge in [-0.3, -0.25) is 18.9 Å². The summed E-state index contributed by atoms with van der Waals surface area (Å²) >= 11 is 0. The number of H-pyrrole nitrogens is 1. The van der Waals surface area contributed by atoms with Gasteiger partial charge in [0.2, 0.25) is 5.95 Å². The van der Waals surface area contributed by atoms with Gasteiger partial charge in [-0.05, 0) is 36.2 Å². The van der Waals surface area contributed by atoms with Gasteiger partial charge in [0.1, 0.15) is 24.6 Å². The predicted octanol–water partition coefficient (Wildman–Crippen LogP) is 4.10. The minimum atomic E-state index is -4.09. The van der Waals surface area contributed by atoms with Crippen molar-refractivity contribution in [3.63, 3.8) is 0 Å². The van der Waals surface area contributed by atoms with Crippen LogP contribution in [-0.2, 0) is 38.1 Å². The molecule has 0 bridgehead atoms. The van der Waals surface area contributed by atoms with Crippen molar-refractivity contribution in [2.75, 3.05) is 18.7 Å². The van der Waals surface area contributed by atoms with E-state index in [1.165, 1.54) is 41.2 Å². The molecule has 0 saturated carbocycles. The van der Waals surface area contributed by atoms with Crippen molar-refractivity contribution < 1.29 is 36.0 Å². The minimum absolute atomic E-state index is 0.0365. The zero-order valence-corrected chi connectivity index (χ0v) is 22.9. The molecule has 0 fully saturated rings. The highest BCUT2D eigenvalue weighted by Crippen LogP contribution is 2.50. The molecular formula is C26H24F2N5O8P. The lowest BCUT2D eigenvalue weighted by Crippen LogP contribution is -2.13. The van der Waals surface area contributed by atoms with Crippen molar-refractivity contribution in [2.45, 2.75) is 26.7 Å². The second-order valence-corrected chi connectivity index (χ2v) is 11.1. The normalized spacial score (nSPS) is 13.0. The fourth-order valence-corrected chi connectivity index (χ4v) is 5.14. The van der Waals surface area contributed by atoms with Crippen LogP contribution in [0.2, 0.25) is 0 Å². The van der Waals surface area contributed by atoms with E-state index >= 15 is 0 Å². The molecule has 3 heterocycles. The second kappa shape index (κ2) is 12.2. The molecule has 0 aliphatic rings. The number of anilines is 1. The molecule has 5 rings (SSSR count). The first-order valence-corrected chi connectivity index (χ1v) is 14.1. The molecule has 1 unspecified atom stereocenters. The molecule has 3 aromatic heterocycles. The fourth-order valence-electron chi connectivity index (χ4n) is 3.90. The van der Waals surface area contributed by atoms with E-state index in [4.69, 9.17) is 28.4 Å². The minimum Gasteiger partial charge on any atom is -0.393 e. The third-order valence-electron chi connectivity index (χ3n) is 6.01. The molecule has 13 nitrogen and oxygen atoms in total. The molecular weight excluding hydrogens is 579 g/mol. The van der Waals surface area contributed by atoms with Crippen LogP contribution in [0.3, 0.4) is 0 Å². The summed E-state index contributed by atoms with van der Waals surface area (Å²) in [5.41, 5.74) is 6.39. The highest BCUT2D eigenvalue weighted by Gasteiger charge is 2.28. The number of halogens is 2. The van der Waals surface area contributed by atoms with Crippen LogP contribution < -0.4 is 17.1 Å². The Balaban J connectivity index is 1.30. The average molecular weight is 603 g/mol. The number of nitrogen functional groups attached to an aromatic ring is 1. The standard InChI is InChI=1S/C26H24F2N5O8P/c1-15-5-6-17(10-19(15)28)22-20(40-26(35)41-22)12-39-42(36,38-11-16-3-2-4-18(27)9-16)14-37-8-7-33-13-30-21-23(33)31-25(29)32-24(21)34/h2-6,9-10,13H,7-8,11-12,14H2,1H3,(H3,29,31,32,34). The van der Waals surface area contributed by atoms with Crippen LogP contribution in [0.15, 0.2) is 67.2 Å². The molecule has 5 aromatic rings. The van der Waals surface area contributed by atoms with Crippen molar-refractivity contribution in [3.8, 4) is 11.3 Å². The molecule has 1 atom stereocenters. The van der Waals surface area contributed by atoms with Crippen LogP contribution in [0, 0.1) is 18.6 Å². The molecule has 2 aromatic carbocycles. The number of nitrogens with zero attached hydrogens (tertiary/aromatic N) is 3. The van der Waals surface area contributed by atoms with Gasteiger partial charge in [-0.1, -0.05) is 24.3 Å². The van der Waals surface area contributed by atoms with Gasteiger partial charge in [0.05, 0.1) is 19.5 Å². The fraction of sp³-hybridized carbons (Fsp3) is 0.231. The second-order valence-electron chi connectivity index (χ2n) is 9.06. The highest BCUT2D eigenvalue weighted by molar-refractivity contribution is 7.53. The van der Waals surface area contributed by atoms with Gasteiger partial charge in [0, 0.05) is 12.1 Å². The number of aromatic nitrogens is 4. The number of benzene rings is 2. The van der Waals surface area contributed by atoms with Gasteiger partial charge < -0.3 is 28.4 Å². The first-order valence-electron chi connectivity index (χ1n) is 12.4. The van der Waals surface area contributed by atoms with Crippen LogP contribution >= 0.6 is 7.60 Å². The number of nitrogens with one attached hydrogen (secondary N) is 1. The summed E-state index contributed by atoms with van der Waals surface area (Å²) in [6, 6.07) is 9.65. The third-order valence-corrected chi connectivity index (χ3v) is 7.55. The van der Waals surface area contributed by atoms with E-state index < -0.39 is 43.6 Å². The average Bonchev–Trinajstić information content (AvgIpc) is 3.53. The predicted molar refractivity (Wildman–Crippen MR) is 144 cm³/mol. The van der Waals surface area contributed by atoms with Crippen molar-refractivity contribution in [1.29, 1.82) is 0 Å². The van der Waals surface area contributed by atoms with Gasteiger partial charge in [-0.25, -0.2) is 18.6 Å². The molecule has 0 aliphatic heterocycles. The summed E-state index contributed by atoms with van der Waals surface area (Å²) in [5.74, 6) is -2.47. The summed E-state index contributed by atoms with van der Waals surface area (Å²) in [6.45, 7) is 0.837. The van der Waals surface area contributed by atoms with E-state index in [9.17, 15) is 22.9 Å². The molecule has 0 spiro atoms. The molecule has 0 aliphatic carbocycles. The van der Waals surface area contributed by atoms with Crippen LogP contribution in [0.25, 0.3) is 22.5 Å². The third kappa shape index (κ3) is 6.71. The Morgan fingerprint density at radius 2 is 1.90 bits per heavy atom. The first-order chi connectivity index (χ1) is 20.1. The van der Waals surface area contributed by atoms with Crippen molar-refractivity contribution in [3.05, 3.63) is 98.3 Å². The number of aromatic amines is 1. The van der Waals surface area contributed by atoms with E-state index in [0.717, 1.165) is 6.07 Å². The summed E-state index contributed by atoms with van der Waals surface area (Å²) in [4.78, 5) is 34.3. The van der Waals surface area contributed by atoms with E-state index in [1.807, 2.05) is 0 Å². The lowest BCUT2D eigenvalue weighted by molar-refractivity contribution is 0.114. The molecule has 16 heteroatoms. The Kier molecular flexibility index (Phi) is 8.45. The lowest BCUT2D eigenvalue weighted by atomic mass is 10.1. The summed E-state index contributed by atoms with van der Waals surface area (Å²) in [5, 5.41) is 0. The van der Waals surface area contributed by atoms with E-state index in [2.05, 4.69) is 15.0 Å². The molecule has 220 valence electrons. The maximum absolute atomic E-state index is 14.1. The van der Waals surface area contributed by atoms with Gasteiger partial charge in [-0.15, -0.1) is 0 Å². The zero-order valence-electron chi connectivity index (χ0n) is 22.0. The smallest absolute Gasteiger partial charge is 0.393 e. The Morgan fingerprint density at radius 1 is 1.10 bits per heavy atom. The number of aryl methyl sites for hydroxylation is 1. The number of fused-ring (bicyclic) bond motifs is 1. The van der Waals surface area contributed by atoms with Crippen molar-refractivity contribution in [1.82, 2.24) is 19.5 Å².